The lowest BCUT2D eigenvalue weighted by Crippen LogP contribution is -2.46. The van der Waals surface area contributed by atoms with Crippen molar-refractivity contribution in [2.45, 2.75) is 33.3 Å². The number of hydrogen-bond acceptors (Lipinski definition) is 5. The van der Waals surface area contributed by atoms with Crippen LogP contribution in [0.15, 0.2) is 18.2 Å². The van der Waals surface area contributed by atoms with Gasteiger partial charge in [-0.1, -0.05) is 23.4 Å². The molecule has 1 aromatic rings. The molecule has 1 saturated heterocycles. The minimum Gasteiger partial charge on any atom is -0.491 e. The molecular formula is C22H32ClNO4. The molecule has 1 aliphatic heterocycles. The predicted octanol–water partition coefficient (Wildman–Crippen LogP) is 2.40. The van der Waals surface area contributed by atoms with E-state index >= 15 is 0 Å². The molecule has 1 aliphatic rings. The van der Waals surface area contributed by atoms with E-state index < -0.39 is 6.10 Å². The van der Waals surface area contributed by atoms with Gasteiger partial charge in [-0.05, 0) is 57.2 Å². The number of piperidine rings is 1. The van der Waals surface area contributed by atoms with Gasteiger partial charge in [0, 0.05) is 48.8 Å². The highest BCUT2D eigenvalue weighted by Gasteiger charge is 2.27. The molecule has 0 aliphatic carbocycles. The molecule has 1 fully saturated rings. The first-order valence-electron chi connectivity index (χ1n) is 9.77. The number of ether oxygens (including phenoxy) is 1. The third-order valence-corrected chi connectivity index (χ3v) is 4.80. The monoisotopic (exact) mass is 409 g/mol. The number of benzene rings is 1. The van der Waals surface area contributed by atoms with Crippen LogP contribution in [0.4, 0.5) is 0 Å². The molecule has 3 atom stereocenters. The summed E-state index contributed by atoms with van der Waals surface area (Å²) in [5.74, 6) is 7.12. The summed E-state index contributed by atoms with van der Waals surface area (Å²) < 4.78 is 5.74. The van der Waals surface area contributed by atoms with E-state index in [4.69, 9.17) is 16.3 Å². The third kappa shape index (κ3) is 7.98. The summed E-state index contributed by atoms with van der Waals surface area (Å²) in [5.41, 5.74) is 0.673. The number of aliphatic hydroxyl groups excluding tert-OH is 3. The molecule has 0 bridgehead atoms. The summed E-state index contributed by atoms with van der Waals surface area (Å²) in [7, 11) is 0. The third-order valence-electron chi connectivity index (χ3n) is 4.58. The first-order chi connectivity index (χ1) is 13.2. The van der Waals surface area contributed by atoms with Crippen molar-refractivity contribution in [3.05, 3.63) is 28.8 Å². The summed E-state index contributed by atoms with van der Waals surface area (Å²) in [4.78, 5) is 2.08. The highest BCUT2D eigenvalue weighted by Crippen LogP contribution is 2.23. The van der Waals surface area contributed by atoms with Crippen LogP contribution >= 0.6 is 11.6 Å². The molecule has 0 radical (unpaired) electrons. The maximum Gasteiger partial charge on any atom is 0.122 e. The topological polar surface area (TPSA) is 73.2 Å². The van der Waals surface area contributed by atoms with E-state index in [1.54, 1.807) is 12.1 Å². The Morgan fingerprint density at radius 3 is 2.39 bits per heavy atom. The fraction of sp³-hybridized carbons (Fsp3) is 0.636. The molecule has 0 saturated carbocycles. The van der Waals surface area contributed by atoms with E-state index in [9.17, 15) is 15.3 Å². The van der Waals surface area contributed by atoms with Gasteiger partial charge in [-0.3, -0.25) is 4.90 Å². The van der Waals surface area contributed by atoms with Crippen LogP contribution in [-0.2, 0) is 0 Å². The fourth-order valence-corrected chi connectivity index (χ4v) is 3.59. The number of rotatable bonds is 7. The SMILES string of the molecule is CC(C)(C)C#Cc1cc(Cl)cc(OCC(O)CN2C[C@H](CO)C[C@H](CO)C2)c1. The van der Waals surface area contributed by atoms with Gasteiger partial charge in [0.1, 0.15) is 18.5 Å². The molecule has 156 valence electrons. The number of likely N-dealkylation sites (tertiary alicyclic amines) is 1. The molecule has 28 heavy (non-hydrogen) atoms. The lowest BCUT2D eigenvalue weighted by atomic mass is 9.90. The Bertz CT molecular complexity index is 680. The Hall–Kier alpha value is -1.29. The zero-order valence-electron chi connectivity index (χ0n) is 17.0. The highest BCUT2D eigenvalue weighted by molar-refractivity contribution is 6.30. The normalized spacial score (nSPS) is 21.7. The molecule has 2 rings (SSSR count). The molecular weight excluding hydrogens is 378 g/mol. The molecule has 6 heteroatoms. The van der Waals surface area contributed by atoms with Crippen molar-refractivity contribution < 1.29 is 20.1 Å². The number of halogens is 1. The van der Waals surface area contributed by atoms with E-state index in [-0.39, 0.29) is 37.1 Å². The molecule has 0 aromatic heterocycles. The van der Waals surface area contributed by atoms with Crippen molar-refractivity contribution in [1.29, 1.82) is 0 Å². The van der Waals surface area contributed by atoms with Gasteiger partial charge in [0.15, 0.2) is 0 Å². The molecule has 1 aromatic carbocycles. The Kier molecular flexibility index (Phi) is 8.60. The van der Waals surface area contributed by atoms with Gasteiger partial charge in [0.25, 0.3) is 0 Å². The predicted molar refractivity (Wildman–Crippen MR) is 111 cm³/mol. The first kappa shape index (κ1) is 23.0. The van der Waals surface area contributed by atoms with Gasteiger partial charge in [0.2, 0.25) is 0 Å². The average molecular weight is 410 g/mol. The van der Waals surface area contributed by atoms with Crippen LogP contribution in [-0.4, -0.2) is 65.8 Å². The Morgan fingerprint density at radius 1 is 1.18 bits per heavy atom. The number of aliphatic hydroxyl groups is 3. The van der Waals surface area contributed by atoms with Crippen LogP contribution in [0.3, 0.4) is 0 Å². The smallest absolute Gasteiger partial charge is 0.122 e. The van der Waals surface area contributed by atoms with Crippen LogP contribution in [0.25, 0.3) is 0 Å². The van der Waals surface area contributed by atoms with Gasteiger partial charge in [0.05, 0.1) is 0 Å². The molecule has 1 heterocycles. The standard InChI is InChI=1S/C22H32ClNO4/c1-22(2,3)5-4-16-7-19(23)9-21(8-16)28-15-20(27)12-24-10-17(13-25)6-18(11-24)14-26/h7-9,17-18,20,25-27H,6,10-15H2,1-3H3/t17-,18+,20?. The maximum atomic E-state index is 10.4. The Labute approximate surface area is 173 Å². The van der Waals surface area contributed by atoms with Crippen LogP contribution in [0.5, 0.6) is 5.75 Å². The van der Waals surface area contributed by atoms with E-state index in [0.29, 0.717) is 30.4 Å². The average Bonchev–Trinajstić information content (AvgIpc) is 2.63. The molecule has 0 amide bonds. The molecule has 0 spiro atoms. The van der Waals surface area contributed by atoms with Gasteiger partial charge >= 0.3 is 0 Å². The quantitative estimate of drug-likeness (QED) is 0.603. The van der Waals surface area contributed by atoms with Gasteiger partial charge in [-0.15, -0.1) is 0 Å². The van der Waals surface area contributed by atoms with Gasteiger partial charge in [-0.25, -0.2) is 0 Å². The Morgan fingerprint density at radius 2 is 1.82 bits per heavy atom. The van der Waals surface area contributed by atoms with Crippen molar-refractivity contribution in [2.24, 2.45) is 17.3 Å². The molecule has 3 N–H and O–H groups in total. The highest BCUT2D eigenvalue weighted by atomic mass is 35.5. The van der Waals surface area contributed by atoms with Gasteiger partial charge in [-0.2, -0.15) is 0 Å². The number of β-amino-alcohol motifs (C(OH)–C–C–N with tert-alkyl or cyclic N) is 1. The number of hydrogen-bond donors (Lipinski definition) is 3. The molecule has 5 nitrogen and oxygen atoms in total. The maximum absolute atomic E-state index is 10.4. The minimum atomic E-state index is -0.681. The van der Waals surface area contributed by atoms with Crippen molar-refractivity contribution in [3.8, 4) is 17.6 Å². The summed E-state index contributed by atoms with van der Waals surface area (Å²) in [6.07, 6.45) is 0.136. The van der Waals surface area contributed by atoms with E-state index in [2.05, 4.69) is 16.7 Å². The lowest BCUT2D eigenvalue weighted by molar-refractivity contribution is 0.0155. The second-order valence-corrected chi connectivity index (χ2v) is 9.13. The van der Waals surface area contributed by atoms with E-state index in [1.807, 2.05) is 26.8 Å². The fourth-order valence-electron chi connectivity index (χ4n) is 3.36. The zero-order valence-corrected chi connectivity index (χ0v) is 17.7. The van der Waals surface area contributed by atoms with Crippen molar-refractivity contribution >= 4 is 11.6 Å². The summed E-state index contributed by atoms with van der Waals surface area (Å²) in [5, 5.41) is 29.8. The van der Waals surface area contributed by atoms with Crippen molar-refractivity contribution in [3.63, 3.8) is 0 Å². The molecule has 1 unspecified atom stereocenters. The van der Waals surface area contributed by atoms with Crippen molar-refractivity contribution in [2.75, 3.05) is 39.5 Å². The first-order valence-corrected chi connectivity index (χ1v) is 10.1. The van der Waals surface area contributed by atoms with Crippen LogP contribution in [0, 0.1) is 29.1 Å². The van der Waals surface area contributed by atoms with Gasteiger partial charge < -0.3 is 20.1 Å². The summed E-state index contributed by atoms with van der Waals surface area (Å²) in [6.45, 7) is 8.33. The van der Waals surface area contributed by atoms with Crippen LogP contribution in [0.1, 0.15) is 32.8 Å². The minimum absolute atomic E-state index is 0.0977. The number of nitrogens with zero attached hydrogens (tertiary/aromatic N) is 1. The lowest BCUT2D eigenvalue weighted by Gasteiger charge is -2.37. The zero-order chi connectivity index (χ0) is 20.7. The van der Waals surface area contributed by atoms with Crippen LogP contribution < -0.4 is 4.74 Å². The second-order valence-electron chi connectivity index (χ2n) is 8.69. The van der Waals surface area contributed by atoms with Crippen LogP contribution in [0.2, 0.25) is 5.02 Å². The van der Waals surface area contributed by atoms with Crippen molar-refractivity contribution in [1.82, 2.24) is 4.90 Å². The largest absolute Gasteiger partial charge is 0.491 e. The van der Waals surface area contributed by atoms with E-state index in [0.717, 1.165) is 12.0 Å². The summed E-state index contributed by atoms with van der Waals surface area (Å²) in [6, 6.07) is 5.32. The van der Waals surface area contributed by atoms with E-state index in [1.165, 1.54) is 0 Å². The second kappa shape index (κ2) is 10.5. The summed E-state index contributed by atoms with van der Waals surface area (Å²) >= 11 is 6.17. The Balaban J connectivity index is 1.92.